The molecule has 0 saturated heterocycles. The van der Waals surface area contributed by atoms with Crippen molar-refractivity contribution in [3.8, 4) is 17.2 Å². The van der Waals surface area contributed by atoms with Crippen LogP contribution >= 0.6 is 11.8 Å². The summed E-state index contributed by atoms with van der Waals surface area (Å²) in [6.45, 7) is 2.61. The maximum atomic E-state index is 12.3. The van der Waals surface area contributed by atoms with Gasteiger partial charge in [-0.3, -0.25) is 4.79 Å². The number of thioether (sulfide) groups is 1. The van der Waals surface area contributed by atoms with Gasteiger partial charge in [-0.15, -0.1) is 0 Å². The third-order valence-electron chi connectivity index (χ3n) is 7.15. The number of para-hydroxylation sites is 1. The topological polar surface area (TPSA) is 54.0 Å². The van der Waals surface area contributed by atoms with Crippen LogP contribution in [-0.2, 0) is 26.5 Å². The van der Waals surface area contributed by atoms with E-state index in [-0.39, 0.29) is 17.0 Å². The van der Waals surface area contributed by atoms with Gasteiger partial charge in [0.2, 0.25) is 0 Å². The van der Waals surface area contributed by atoms with E-state index in [4.69, 9.17) is 18.9 Å². The lowest BCUT2D eigenvalue weighted by Crippen LogP contribution is -2.36. The van der Waals surface area contributed by atoms with Crippen molar-refractivity contribution in [2.75, 3.05) is 20.3 Å². The number of carbonyl (C=O) groups is 1. The Morgan fingerprint density at radius 3 is 1.68 bits per heavy atom. The highest BCUT2D eigenvalue weighted by Gasteiger charge is 2.38. The minimum Gasteiger partial charge on any atom is -0.497 e. The molecule has 6 heteroatoms. The number of hydrogen-bond donors (Lipinski definition) is 0. The summed E-state index contributed by atoms with van der Waals surface area (Å²) >= 11 is 1.24. The van der Waals surface area contributed by atoms with Gasteiger partial charge in [0.1, 0.15) is 22.8 Å². The Morgan fingerprint density at radius 2 is 1.14 bits per heavy atom. The van der Waals surface area contributed by atoms with Crippen LogP contribution in [0.2, 0.25) is 0 Å². The van der Waals surface area contributed by atoms with Crippen molar-refractivity contribution in [2.45, 2.75) is 24.4 Å². The Kier molecular flexibility index (Phi) is 10.9. The predicted octanol–water partition coefficient (Wildman–Crippen LogP) is 8.66. The summed E-state index contributed by atoms with van der Waals surface area (Å²) in [5.74, 6) is 2.31. The Morgan fingerprint density at radius 1 is 0.636 bits per heavy atom. The van der Waals surface area contributed by atoms with Crippen LogP contribution in [0.25, 0.3) is 0 Å². The van der Waals surface area contributed by atoms with Gasteiger partial charge in [-0.1, -0.05) is 115 Å². The average molecular weight is 605 g/mol. The first-order chi connectivity index (χ1) is 21.6. The summed E-state index contributed by atoms with van der Waals surface area (Å²) in [6, 6.07) is 45.8. The van der Waals surface area contributed by atoms with Crippen molar-refractivity contribution < 1.29 is 23.7 Å². The summed E-state index contributed by atoms with van der Waals surface area (Å²) in [5, 5.41) is -0.211. The van der Waals surface area contributed by atoms with Crippen LogP contribution in [0.4, 0.5) is 0 Å². The molecule has 0 saturated carbocycles. The van der Waals surface area contributed by atoms with E-state index in [2.05, 4.69) is 24.3 Å². The van der Waals surface area contributed by atoms with Gasteiger partial charge >= 0.3 is 0 Å². The number of hydrogen-bond acceptors (Lipinski definition) is 6. The lowest BCUT2D eigenvalue weighted by atomic mass is 9.80. The highest BCUT2D eigenvalue weighted by molar-refractivity contribution is 8.14. The maximum absolute atomic E-state index is 12.3. The molecule has 0 aromatic heterocycles. The van der Waals surface area contributed by atoms with Gasteiger partial charge < -0.3 is 18.9 Å². The maximum Gasteiger partial charge on any atom is 0.186 e. The average Bonchev–Trinajstić information content (AvgIpc) is 3.07. The van der Waals surface area contributed by atoms with E-state index >= 15 is 0 Å². The first-order valence-electron chi connectivity index (χ1n) is 14.5. The molecule has 5 aromatic rings. The van der Waals surface area contributed by atoms with E-state index < -0.39 is 5.60 Å². The van der Waals surface area contributed by atoms with Crippen LogP contribution in [0.15, 0.2) is 140 Å². The van der Waals surface area contributed by atoms with Crippen LogP contribution in [0, 0.1) is 0 Å². The Labute approximate surface area is 263 Å². The monoisotopic (exact) mass is 604 g/mol. The summed E-state index contributed by atoms with van der Waals surface area (Å²) in [7, 11) is 1.66. The van der Waals surface area contributed by atoms with Gasteiger partial charge in [0.25, 0.3) is 0 Å². The molecule has 44 heavy (non-hydrogen) atoms. The van der Waals surface area contributed by atoms with Crippen LogP contribution in [0.3, 0.4) is 0 Å². The van der Waals surface area contributed by atoms with Crippen molar-refractivity contribution in [1.29, 1.82) is 0 Å². The smallest absolute Gasteiger partial charge is 0.186 e. The van der Waals surface area contributed by atoms with E-state index in [0.717, 1.165) is 39.5 Å². The second kappa shape index (κ2) is 15.4. The van der Waals surface area contributed by atoms with Gasteiger partial charge in [-0.25, -0.2) is 0 Å². The molecule has 0 N–H and O–H groups in total. The van der Waals surface area contributed by atoms with Crippen LogP contribution < -0.4 is 9.47 Å². The molecule has 5 rings (SSSR count). The highest BCUT2D eigenvalue weighted by Crippen LogP contribution is 2.41. The second-order valence-electron chi connectivity index (χ2n) is 10.3. The van der Waals surface area contributed by atoms with E-state index in [0.29, 0.717) is 13.2 Å². The molecule has 224 valence electrons. The Balaban J connectivity index is 1.34. The minimum atomic E-state index is -0.918. The Bertz CT molecular complexity index is 1530. The van der Waals surface area contributed by atoms with E-state index in [1.165, 1.54) is 11.8 Å². The molecule has 0 fully saturated rings. The van der Waals surface area contributed by atoms with Gasteiger partial charge in [0, 0.05) is 6.92 Å². The molecular weight excluding hydrogens is 568 g/mol. The quantitative estimate of drug-likeness (QED) is 0.118. The molecule has 0 heterocycles. The van der Waals surface area contributed by atoms with E-state index in [1.54, 1.807) is 14.0 Å². The van der Waals surface area contributed by atoms with Crippen molar-refractivity contribution in [2.24, 2.45) is 0 Å². The fraction of sp³-hybridized carbons (Fsp3) is 0.184. The lowest BCUT2D eigenvalue weighted by molar-refractivity contribution is -0.109. The fourth-order valence-electron chi connectivity index (χ4n) is 5.08. The molecule has 0 amide bonds. The third-order valence-corrected chi connectivity index (χ3v) is 8.09. The zero-order chi connectivity index (χ0) is 30.6. The van der Waals surface area contributed by atoms with Gasteiger partial charge in [0.05, 0.1) is 32.2 Å². The SMILES string of the molecule is COc1ccc(C(OC[C@@H](COCc2ccc(Oc3ccccc3)cc2)SC(C)=O)(c2ccccc2)c2ccccc2)cc1. The zero-order valence-electron chi connectivity index (χ0n) is 24.9. The number of rotatable bonds is 14. The van der Waals surface area contributed by atoms with Crippen LogP contribution in [0.1, 0.15) is 29.2 Å². The minimum absolute atomic E-state index is 0.0130. The van der Waals surface area contributed by atoms with Crippen molar-refractivity contribution in [3.05, 3.63) is 162 Å². The lowest BCUT2D eigenvalue weighted by Gasteiger charge is -2.37. The molecule has 0 aliphatic carbocycles. The fourth-order valence-corrected chi connectivity index (χ4v) is 5.85. The molecule has 0 aliphatic heterocycles. The number of benzene rings is 5. The first-order valence-corrected chi connectivity index (χ1v) is 15.4. The third kappa shape index (κ3) is 7.97. The van der Waals surface area contributed by atoms with Crippen molar-refractivity contribution in [3.63, 3.8) is 0 Å². The summed E-state index contributed by atoms with van der Waals surface area (Å²) in [4.78, 5) is 12.3. The summed E-state index contributed by atoms with van der Waals surface area (Å²) in [5.41, 5.74) is 3.03. The molecule has 0 bridgehead atoms. The normalized spacial score (nSPS) is 12.0. The van der Waals surface area contributed by atoms with Crippen molar-refractivity contribution in [1.82, 2.24) is 0 Å². The molecule has 5 aromatic carbocycles. The molecule has 0 aliphatic rings. The molecule has 0 radical (unpaired) electrons. The first kappa shape index (κ1) is 31.1. The number of carbonyl (C=O) groups excluding carboxylic acids is 1. The molecule has 1 atom stereocenters. The molecular formula is C38H36O5S. The van der Waals surface area contributed by atoms with Gasteiger partial charge in [-0.2, -0.15) is 0 Å². The standard InChI is InChI=1S/C38H36O5S/c1-29(39)44-37(27-41-26-30-18-22-36(23-19-30)43-35-16-10-5-11-17-35)28-42-38(31-12-6-3-7-13-31,32-14-8-4-9-15-32)33-20-24-34(40-2)25-21-33/h3-25,37H,26-28H2,1-2H3/t37-/m1/s1. The number of ether oxygens (including phenoxy) is 4. The second-order valence-corrected chi connectivity index (χ2v) is 11.7. The summed E-state index contributed by atoms with van der Waals surface area (Å²) < 4.78 is 24.5. The number of methoxy groups -OCH3 is 1. The van der Waals surface area contributed by atoms with Gasteiger partial charge in [-0.05, 0) is 58.7 Å². The predicted molar refractivity (Wildman–Crippen MR) is 176 cm³/mol. The summed E-state index contributed by atoms with van der Waals surface area (Å²) in [6.07, 6.45) is 0. The van der Waals surface area contributed by atoms with Crippen LogP contribution in [-0.4, -0.2) is 30.7 Å². The van der Waals surface area contributed by atoms with E-state index in [9.17, 15) is 4.79 Å². The van der Waals surface area contributed by atoms with E-state index in [1.807, 2.05) is 115 Å². The Hall–Kier alpha value is -4.36. The van der Waals surface area contributed by atoms with Crippen molar-refractivity contribution >= 4 is 16.9 Å². The molecule has 0 unspecified atom stereocenters. The van der Waals surface area contributed by atoms with Gasteiger partial charge in [0.15, 0.2) is 5.12 Å². The highest BCUT2D eigenvalue weighted by atomic mass is 32.2. The largest absolute Gasteiger partial charge is 0.497 e. The molecule has 0 spiro atoms. The molecule has 5 nitrogen and oxygen atoms in total. The zero-order valence-corrected chi connectivity index (χ0v) is 25.7. The van der Waals surface area contributed by atoms with Crippen LogP contribution in [0.5, 0.6) is 17.2 Å².